The first kappa shape index (κ1) is 21.6. The normalized spacial score (nSPS) is 16.1. The summed E-state index contributed by atoms with van der Waals surface area (Å²) in [5.74, 6) is -2.57. The fourth-order valence-corrected chi connectivity index (χ4v) is 3.58. The topological polar surface area (TPSA) is 126 Å². The van der Waals surface area contributed by atoms with Gasteiger partial charge >= 0.3 is 11.9 Å². The van der Waals surface area contributed by atoms with E-state index in [-0.39, 0.29) is 29.3 Å². The number of ether oxygens (including phenoxy) is 2. The number of esters is 2. The monoisotopic (exact) mass is 419 g/mol. The van der Waals surface area contributed by atoms with E-state index in [0.717, 1.165) is 0 Å². The largest absolute Gasteiger partial charge is 0.466 e. The highest BCUT2D eigenvalue weighted by molar-refractivity contribution is 6.06. The number of aliphatic hydroxyl groups is 1. The molecular weight excluding hydrogens is 398 g/mol. The molecule has 8 heteroatoms. The molecule has 1 unspecified atom stereocenters. The van der Waals surface area contributed by atoms with E-state index in [2.05, 4.69) is 6.07 Å². The summed E-state index contributed by atoms with van der Waals surface area (Å²) in [4.78, 5) is 27.1. The predicted molar refractivity (Wildman–Crippen MR) is 112 cm³/mol. The van der Waals surface area contributed by atoms with Gasteiger partial charge < -0.3 is 20.3 Å². The van der Waals surface area contributed by atoms with Crippen LogP contribution >= 0.6 is 0 Å². The molecule has 0 spiro atoms. The fraction of sp³-hybridized carbons (Fsp3) is 0.174. The third-order valence-electron chi connectivity index (χ3n) is 4.96. The van der Waals surface area contributed by atoms with Crippen molar-refractivity contribution >= 4 is 17.6 Å². The van der Waals surface area contributed by atoms with Crippen molar-refractivity contribution in [2.24, 2.45) is 5.73 Å². The van der Waals surface area contributed by atoms with E-state index >= 15 is 0 Å². The minimum Gasteiger partial charge on any atom is -0.466 e. The number of carbonyl (C=O) groups is 2. The maximum Gasteiger partial charge on any atom is 0.355 e. The molecule has 0 radical (unpaired) electrons. The Balaban J connectivity index is 2.40. The summed E-state index contributed by atoms with van der Waals surface area (Å²) in [5.41, 5.74) is 7.77. The summed E-state index contributed by atoms with van der Waals surface area (Å²) in [7, 11) is 2.38. The second-order valence-electron chi connectivity index (χ2n) is 6.66. The van der Waals surface area contributed by atoms with Crippen molar-refractivity contribution in [3.8, 4) is 6.07 Å². The van der Waals surface area contributed by atoms with Crippen LogP contribution < -0.4 is 10.6 Å². The van der Waals surface area contributed by atoms with Crippen LogP contribution in [-0.4, -0.2) is 31.3 Å². The van der Waals surface area contributed by atoms with Crippen molar-refractivity contribution < 1.29 is 24.2 Å². The molecule has 0 amide bonds. The number of hydrogen-bond acceptors (Lipinski definition) is 8. The van der Waals surface area contributed by atoms with Gasteiger partial charge in [0.15, 0.2) is 0 Å². The minimum absolute atomic E-state index is 0.0282. The van der Waals surface area contributed by atoms with Gasteiger partial charge in [0.05, 0.1) is 44.0 Å². The highest BCUT2D eigenvalue weighted by Crippen LogP contribution is 2.43. The third kappa shape index (κ3) is 3.86. The van der Waals surface area contributed by atoms with Crippen molar-refractivity contribution in [1.29, 1.82) is 5.26 Å². The van der Waals surface area contributed by atoms with Crippen molar-refractivity contribution in [3.05, 3.63) is 88.4 Å². The standard InChI is InChI=1S/C23H21N3O5/c1-30-22(28)19-18(15-8-4-3-5-9-15)17(12-24)21(25)26(20(19)23(29)31-2)16-10-6-7-14(11-16)13-27/h3-11,18,27H,13,25H2,1-2H3. The maximum absolute atomic E-state index is 12.9. The summed E-state index contributed by atoms with van der Waals surface area (Å²) in [6.07, 6.45) is 0. The van der Waals surface area contributed by atoms with Gasteiger partial charge in [0, 0.05) is 5.69 Å². The molecule has 0 aromatic heterocycles. The molecular formula is C23H21N3O5. The minimum atomic E-state index is -0.926. The van der Waals surface area contributed by atoms with E-state index in [1.54, 1.807) is 54.6 Å². The van der Waals surface area contributed by atoms with E-state index < -0.39 is 17.9 Å². The van der Waals surface area contributed by atoms with E-state index in [1.165, 1.54) is 19.1 Å². The van der Waals surface area contributed by atoms with Gasteiger partial charge in [-0.3, -0.25) is 4.90 Å². The number of anilines is 1. The summed E-state index contributed by atoms with van der Waals surface area (Å²) in [6.45, 7) is -0.246. The molecule has 2 aromatic carbocycles. The summed E-state index contributed by atoms with van der Waals surface area (Å²) < 4.78 is 9.95. The average molecular weight is 419 g/mol. The lowest BCUT2D eigenvalue weighted by Gasteiger charge is -2.36. The van der Waals surface area contributed by atoms with Crippen LogP contribution in [0.5, 0.6) is 0 Å². The molecule has 0 aliphatic carbocycles. The number of nitriles is 1. The molecule has 158 valence electrons. The van der Waals surface area contributed by atoms with E-state index in [4.69, 9.17) is 15.2 Å². The number of nitrogens with zero attached hydrogens (tertiary/aromatic N) is 2. The van der Waals surface area contributed by atoms with Crippen LogP contribution in [0.15, 0.2) is 77.3 Å². The van der Waals surface area contributed by atoms with Gasteiger partial charge in [0.25, 0.3) is 0 Å². The molecule has 0 fully saturated rings. The number of carbonyl (C=O) groups excluding carboxylic acids is 2. The zero-order chi connectivity index (χ0) is 22.5. The number of allylic oxidation sites excluding steroid dienone is 1. The number of rotatable bonds is 5. The van der Waals surface area contributed by atoms with Crippen molar-refractivity contribution in [2.75, 3.05) is 19.1 Å². The van der Waals surface area contributed by atoms with Gasteiger partial charge in [-0.1, -0.05) is 42.5 Å². The number of nitrogens with two attached hydrogens (primary N) is 1. The van der Waals surface area contributed by atoms with Crippen molar-refractivity contribution in [2.45, 2.75) is 12.5 Å². The van der Waals surface area contributed by atoms with Crippen LogP contribution in [0.1, 0.15) is 17.0 Å². The van der Waals surface area contributed by atoms with Crippen LogP contribution in [0.25, 0.3) is 0 Å². The second kappa shape index (κ2) is 9.15. The van der Waals surface area contributed by atoms with Crippen molar-refractivity contribution in [1.82, 2.24) is 0 Å². The molecule has 1 atom stereocenters. The van der Waals surface area contributed by atoms with Gasteiger partial charge in [-0.2, -0.15) is 5.26 Å². The van der Waals surface area contributed by atoms with E-state index in [9.17, 15) is 20.0 Å². The van der Waals surface area contributed by atoms with Crippen LogP contribution in [0.3, 0.4) is 0 Å². The third-order valence-corrected chi connectivity index (χ3v) is 4.96. The quantitative estimate of drug-likeness (QED) is 0.706. The Hall–Kier alpha value is -4.09. The molecule has 0 saturated heterocycles. The Kier molecular flexibility index (Phi) is 6.38. The Bertz CT molecular complexity index is 1120. The van der Waals surface area contributed by atoms with Gasteiger partial charge in [0.1, 0.15) is 11.5 Å². The lowest BCUT2D eigenvalue weighted by molar-refractivity contribution is -0.139. The Morgan fingerprint density at radius 2 is 1.77 bits per heavy atom. The number of aliphatic hydroxyl groups excluding tert-OH is 1. The first-order valence-electron chi connectivity index (χ1n) is 9.33. The molecule has 8 nitrogen and oxygen atoms in total. The Labute approximate surface area is 179 Å². The van der Waals surface area contributed by atoms with E-state index in [0.29, 0.717) is 16.8 Å². The molecule has 31 heavy (non-hydrogen) atoms. The van der Waals surface area contributed by atoms with Crippen LogP contribution in [0, 0.1) is 11.3 Å². The zero-order valence-electron chi connectivity index (χ0n) is 17.0. The predicted octanol–water partition coefficient (Wildman–Crippen LogP) is 2.08. The molecule has 0 saturated carbocycles. The van der Waals surface area contributed by atoms with Gasteiger partial charge in [0.2, 0.25) is 0 Å². The smallest absolute Gasteiger partial charge is 0.355 e. The zero-order valence-corrected chi connectivity index (χ0v) is 17.0. The second-order valence-corrected chi connectivity index (χ2v) is 6.66. The first-order valence-corrected chi connectivity index (χ1v) is 9.33. The lowest BCUT2D eigenvalue weighted by atomic mass is 9.81. The van der Waals surface area contributed by atoms with Crippen LogP contribution in [0.2, 0.25) is 0 Å². The van der Waals surface area contributed by atoms with Gasteiger partial charge in [-0.05, 0) is 23.3 Å². The summed E-state index contributed by atoms with van der Waals surface area (Å²) in [6, 6.07) is 17.4. The summed E-state index contributed by atoms with van der Waals surface area (Å²) in [5, 5.41) is 19.5. The molecule has 3 N–H and O–H groups in total. The molecule has 2 aromatic rings. The van der Waals surface area contributed by atoms with Gasteiger partial charge in [-0.25, -0.2) is 9.59 Å². The Morgan fingerprint density at radius 1 is 1.10 bits per heavy atom. The van der Waals surface area contributed by atoms with Crippen LogP contribution in [-0.2, 0) is 25.7 Å². The Morgan fingerprint density at radius 3 is 2.35 bits per heavy atom. The fourth-order valence-electron chi connectivity index (χ4n) is 3.58. The molecule has 1 heterocycles. The van der Waals surface area contributed by atoms with E-state index in [1.807, 2.05) is 0 Å². The number of benzene rings is 2. The molecule has 0 bridgehead atoms. The molecule has 1 aliphatic rings. The maximum atomic E-state index is 12.9. The number of hydrogen-bond donors (Lipinski definition) is 2. The first-order chi connectivity index (χ1) is 15.0. The van der Waals surface area contributed by atoms with Gasteiger partial charge in [-0.15, -0.1) is 0 Å². The molecule has 1 aliphatic heterocycles. The highest BCUT2D eigenvalue weighted by atomic mass is 16.5. The van der Waals surface area contributed by atoms with Crippen LogP contribution in [0.4, 0.5) is 5.69 Å². The SMILES string of the molecule is COC(=O)C1=C(C(=O)OC)N(c2cccc(CO)c2)C(N)=C(C#N)C1c1ccccc1. The lowest BCUT2D eigenvalue weighted by Crippen LogP contribution is -2.40. The highest BCUT2D eigenvalue weighted by Gasteiger charge is 2.42. The average Bonchev–Trinajstić information content (AvgIpc) is 2.82. The van der Waals surface area contributed by atoms with Crippen molar-refractivity contribution in [3.63, 3.8) is 0 Å². The number of methoxy groups -OCH3 is 2. The summed E-state index contributed by atoms with van der Waals surface area (Å²) >= 11 is 0. The molecule has 3 rings (SSSR count).